The van der Waals surface area contributed by atoms with E-state index in [1.165, 1.54) is 6.08 Å². The first-order valence-corrected chi connectivity index (χ1v) is 6.17. The summed E-state index contributed by atoms with van der Waals surface area (Å²) in [5.41, 5.74) is -0.660. The molecule has 0 aromatic rings. The molecule has 2 N–H and O–H groups in total. The Bertz CT molecular complexity index is 343. The molecular formula is C9H17NO4S. The van der Waals surface area contributed by atoms with Crippen molar-refractivity contribution in [3.63, 3.8) is 0 Å². The van der Waals surface area contributed by atoms with E-state index in [1.54, 1.807) is 26.8 Å². The van der Waals surface area contributed by atoms with Gasteiger partial charge in [0.25, 0.3) is 10.1 Å². The minimum atomic E-state index is -3.97. The third-order valence-electron chi connectivity index (χ3n) is 1.76. The Balaban J connectivity index is 4.25. The number of carbonyl (C=O) groups excluding carboxylic acids is 1. The van der Waals surface area contributed by atoms with E-state index in [-0.39, 0.29) is 18.1 Å². The summed E-state index contributed by atoms with van der Waals surface area (Å²) in [6.07, 6.45) is 3.11. The Labute approximate surface area is 90.3 Å². The zero-order chi connectivity index (χ0) is 12.1. The predicted octanol–water partition coefficient (Wildman–Crippen LogP) is 0.735. The zero-order valence-corrected chi connectivity index (χ0v) is 9.97. The summed E-state index contributed by atoms with van der Waals surface area (Å²) in [4.78, 5) is 11.2. The second kappa shape index (κ2) is 5.27. The number of allylic oxidation sites excluding steroid dienone is 1. The van der Waals surface area contributed by atoms with E-state index in [1.807, 2.05) is 0 Å². The number of rotatable bonds is 5. The molecule has 0 saturated heterocycles. The van der Waals surface area contributed by atoms with Crippen LogP contribution in [-0.4, -0.2) is 30.2 Å². The Morgan fingerprint density at radius 1 is 1.47 bits per heavy atom. The molecule has 0 rings (SSSR count). The van der Waals surface area contributed by atoms with Crippen LogP contribution in [0.4, 0.5) is 0 Å². The highest BCUT2D eigenvalue weighted by Gasteiger charge is 2.21. The predicted molar refractivity (Wildman–Crippen MR) is 58.1 cm³/mol. The van der Waals surface area contributed by atoms with Crippen molar-refractivity contribution in [3.8, 4) is 0 Å². The SMILES string of the molecule is CC=CC(=O)NC(C)(C)CCS(=O)(=O)O. The fraction of sp³-hybridized carbons (Fsp3) is 0.667. The molecule has 0 heterocycles. The molecule has 5 nitrogen and oxygen atoms in total. The molecule has 0 atom stereocenters. The van der Waals surface area contributed by atoms with Gasteiger partial charge in [0.05, 0.1) is 5.75 Å². The normalized spacial score (nSPS) is 13.1. The van der Waals surface area contributed by atoms with Crippen LogP contribution < -0.4 is 5.32 Å². The zero-order valence-electron chi connectivity index (χ0n) is 9.15. The van der Waals surface area contributed by atoms with Crippen LogP contribution in [0.25, 0.3) is 0 Å². The largest absolute Gasteiger partial charge is 0.348 e. The summed E-state index contributed by atoms with van der Waals surface area (Å²) in [5, 5.41) is 2.63. The van der Waals surface area contributed by atoms with Crippen LogP contribution in [0.5, 0.6) is 0 Å². The summed E-state index contributed by atoms with van der Waals surface area (Å²) in [5.74, 6) is -0.645. The molecule has 1 amide bonds. The average Bonchev–Trinajstić information content (AvgIpc) is 1.99. The lowest BCUT2D eigenvalue weighted by Crippen LogP contribution is -2.43. The first-order chi connectivity index (χ1) is 6.66. The van der Waals surface area contributed by atoms with Crippen molar-refractivity contribution < 1.29 is 17.8 Å². The molecular weight excluding hydrogens is 218 g/mol. The monoisotopic (exact) mass is 235 g/mol. The molecule has 0 unspecified atom stereocenters. The van der Waals surface area contributed by atoms with Gasteiger partial charge in [-0.15, -0.1) is 0 Å². The summed E-state index contributed by atoms with van der Waals surface area (Å²) >= 11 is 0. The van der Waals surface area contributed by atoms with Crippen molar-refractivity contribution >= 4 is 16.0 Å². The average molecular weight is 235 g/mol. The first kappa shape index (κ1) is 14.1. The van der Waals surface area contributed by atoms with Crippen molar-refractivity contribution in [3.05, 3.63) is 12.2 Å². The lowest BCUT2D eigenvalue weighted by atomic mass is 10.0. The van der Waals surface area contributed by atoms with E-state index in [0.29, 0.717) is 0 Å². The van der Waals surface area contributed by atoms with Gasteiger partial charge in [0, 0.05) is 5.54 Å². The molecule has 0 radical (unpaired) electrons. The molecule has 0 spiro atoms. The first-order valence-electron chi connectivity index (χ1n) is 4.56. The molecule has 15 heavy (non-hydrogen) atoms. The molecule has 0 bridgehead atoms. The Kier molecular flexibility index (Phi) is 4.96. The van der Waals surface area contributed by atoms with Crippen LogP contribution in [-0.2, 0) is 14.9 Å². The van der Waals surface area contributed by atoms with Crippen molar-refractivity contribution in [2.24, 2.45) is 0 Å². The van der Waals surface area contributed by atoms with Crippen LogP contribution in [0.1, 0.15) is 27.2 Å². The molecule has 0 aliphatic rings. The van der Waals surface area contributed by atoms with Gasteiger partial charge in [0.2, 0.25) is 5.91 Å². The van der Waals surface area contributed by atoms with Gasteiger partial charge in [-0.25, -0.2) is 0 Å². The number of amides is 1. The van der Waals surface area contributed by atoms with Crippen molar-refractivity contribution in [2.75, 3.05) is 5.75 Å². The molecule has 0 aromatic carbocycles. The maximum absolute atomic E-state index is 11.2. The highest BCUT2D eigenvalue weighted by atomic mass is 32.2. The molecule has 6 heteroatoms. The minimum Gasteiger partial charge on any atom is -0.348 e. The standard InChI is InChI=1S/C9H17NO4S/c1-4-5-8(11)10-9(2,3)6-7-15(12,13)14/h4-5H,6-7H2,1-3H3,(H,10,11)(H,12,13,14). The highest BCUT2D eigenvalue weighted by Crippen LogP contribution is 2.09. The molecule has 0 aliphatic heterocycles. The summed E-state index contributed by atoms with van der Waals surface area (Å²) in [6.45, 7) is 5.10. The second-order valence-electron chi connectivity index (χ2n) is 3.91. The van der Waals surface area contributed by atoms with E-state index >= 15 is 0 Å². The Hall–Kier alpha value is -0.880. The maximum atomic E-state index is 11.2. The van der Waals surface area contributed by atoms with Crippen LogP contribution in [0.3, 0.4) is 0 Å². The van der Waals surface area contributed by atoms with Gasteiger partial charge in [-0.1, -0.05) is 6.08 Å². The third-order valence-corrected chi connectivity index (χ3v) is 2.48. The van der Waals surface area contributed by atoms with Gasteiger partial charge < -0.3 is 5.32 Å². The van der Waals surface area contributed by atoms with E-state index < -0.39 is 15.7 Å². The molecule has 0 aromatic heterocycles. The van der Waals surface area contributed by atoms with Crippen LogP contribution in [0, 0.1) is 0 Å². The van der Waals surface area contributed by atoms with Crippen LogP contribution >= 0.6 is 0 Å². The number of hydrogen-bond donors (Lipinski definition) is 2. The molecule has 0 saturated carbocycles. The van der Waals surface area contributed by atoms with Gasteiger partial charge in [-0.3, -0.25) is 9.35 Å². The Morgan fingerprint density at radius 2 is 2.00 bits per heavy atom. The van der Waals surface area contributed by atoms with Crippen LogP contribution in [0.15, 0.2) is 12.2 Å². The molecule has 88 valence electrons. The fourth-order valence-corrected chi connectivity index (χ4v) is 1.74. The van der Waals surface area contributed by atoms with Gasteiger partial charge in [-0.2, -0.15) is 8.42 Å². The second-order valence-corrected chi connectivity index (χ2v) is 5.48. The lowest BCUT2D eigenvalue weighted by Gasteiger charge is -2.24. The third kappa shape index (κ3) is 8.14. The van der Waals surface area contributed by atoms with Gasteiger partial charge in [-0.05, 0) is 33.3 Å². The van der Waals surface area contributed by atoms with Crippen molar-refractivity contribution in [1.82, 2.24) is 5.32 Å². The quantitative estimate of drug-likeness (QED) is 0.543. The van der Waals surface area contributed by atoms with Gasteiger partial charge in [0.1, 0.15) is 0 Å². The topological polar surface area (TPSA) is 83.5 Å². The van der Waals surface area contributed by atoms with Gasteiger partial charge in [0.15, 0.2) is 0 Å². The maximum Gasteiger partial charge on any atom is 0.264 e. The fourth-order valence-electron chi connectivity index (χ4n) is 0.973. The minimum absolute atomic E-state index is 0.162. The summed E-state index contributed by atoms with van der Waals surface area (Å²) in [7, 11) is -3.97. The van der Waals surface area contributed by atoms with E-state index in [9.17, 15) is 13.2 Å². The summed E-state index contributed by atoms with van der Waals surface area (Å²) in [6, 6.07) is 0. The van der Waals surface area contributed by atoms with Gasteiger partial charge >= 0.3 is 0 Å². The highest BCUT2D eigenvalue weighted by molar-refractivity contribution is 7.85. The van der Waals surface area contributed by atoms with Crippen LogP contribution in [0.2, 0.25) is 0 Å². The Morgan fingerprint density at radius 3 is 2.40 bits per heavy atom. The molecule has 0 fully saturated rings. The smallest absolute Gasteiger partial charge is 0.264 e. The van der Waals surface area contributed by atoms with E-state index in [4.69, 9.17) is 4.55 Å². The number of hydrogen-bond acceptors (Lipinski definition) is 3. The molecule has 0 aliphatic carbocycles. The summed E-state index contributed by atoms with van der Waals surface area (Å²) < 4.78 is 29.6. The van der Waals surface area contributed by atoms with E-state index in [0.717, 1.165) is 0 Å². The van der Waals surface area contributed by atoms with E-state index in [2.05, 4.69) is 5.32 Å². The van der Waals surface area contributed by atoms with Crippen molar-refractivity contribution in [1.29, 1.82) is 0 Å². The number of nitrogens with one attached hydrogen (secondary N) is 1. The number of carbonyl (C=O) groups is 1. The van der Waals surface area contributed by atoms with Crippen molar-refractivity contribution in [2.45, 2.75) is 32.7 Å². The lowest BCUT2D eigenvalue weighted by molar-refractivity contribution is -0.118.